The summed E-state index contributed by atoms with van der Waals surface area (Å²) in [6.45, 7) is 4.24. The van der Waals surface area contributed by atoms with Crippen LogP contribution in [0.5, 0.6) is 0 Å². The lowest BCUT2D eigenvalue weighted by atomic mass is 10.1. The summed E-state index contributed by atoms with van der Waals surface area (Å²) in [4.78, 5) is 18.6. The van der Waals surface area contributed by atoms with E-state index in [0.717, 1.165) is 32.1 Å². The first-order valence-corrected chi connectivity index (χ1v) is 7.08. The number of nitrogens with one attached hydrogen (secondary N) is 2. The Labute approximate surface area is 119 Å². The molecule has 0 radical (unpaired) electrons. The number of hydrogen-bond donors (Lipinski definition) is 2. The Morgan fingerprint density at radius 3 is 2.65 bits per heavy atom. The van der Waals surface area contributed by atoms with Crippen LogP contribution >= 0.6 is 0 Å². The molecule has 0 aliphatic heterocycles. The maximum atomic E-state index is 11.0. The Morgan fingerprint density at radius 1 is 1.35 bits per heavy atom. The molecule has 1 aromatic heterocycles. The van der Waals surface area contributed by atoms with Crippen LogP contribution in [-0.2, 0) is 0 Å². The van der Waals surface area contributed by atoms with Crippen molar-refractivity contribution < 1.29 is 4.92 Å². The monoisotopic (exact) mass is 281 g/mol. The Kier molecular flexibility index (Phi) is 6.69. The van der Waals surface area contributed by atoms with Gasteiger partial charge in [0.15, 0.2) is 0 Å². The molecule has 0 fully saturated rings. The van der Waals surface area contributed by atoms with Gasteiger partial charge in [-0.2, -0.15) is 4.98 Å². The molecule has 0 saturated carbocycles. The average Bonchev–Trinajstić information content (AvgIpc) is 2.44. The Bertz CT molecular complexity index is 439. The van der Waals surface area contributed by atoms with E-state index in [1.54, 1.807) is 7.05 Å². The number of unbranched alkanes of at least 4 members (excludes halogenated alkanes) is 1. The molecule has 1 rings (SSSR count). The van der Waals surface area contributed by atoms with Crippen LogP contribution in [0.2, 0.25) is 0 Å². The lowest BCUT2D eigenvalue weighted by Gasteiger charge is -2.18. The second-order valence-corrected chi connectivity index (χ2v) is 4.71. The molecule has 0 amide bonds. The molecule has 1 unspecified atom stereocenters. The molecule has 0 aromatic carbocycles. The Morgan fingerprint density at radius 2 is 2.10 bits per heavy atom. The van der Waals surface area contributed by atoms with Crippen LogP contribution < -0.4 is 10.6 Å². The summed E-state index contributed by atoms with van der Waals surface area (Å²) in [6, 6.07) is 0.207. The molecular weight excluding hydrogens is 258 g/mol. The van der Waals surface area contributed by atoms with Gasteiger partial charge in [-0.05, 0) is 12.8 Å². The number of nitrogens with zero attached hydrogens (tertiary/aromatic N) is 3. The highest BCUT2D eigenvalue weighted by atomic mass is 16.6. The molecule has 0 aliphatic carbocycles. The van der Waals surface area contributed by atoms with Crippen LogP contribution in [0.1, 0.15) is 46.0 Å². The molecule has 2 N–H and O–H groups in total. The molecule has 7 heteroatoms. The highest BCUT2D eigenvalue weighted by molar-refractivity contribution is 5.57. The molecule has 1 atom stereocenters. The van der Waals surface area contributed by atoms with Crippen molar-refractivity contribution in [2.75, 3.05) is 17.7 Å². The van der Waals surface area contributed by atoms with Crippen LogP contribution in [-0.4, -0.2) is 28.0 Å². The summed E-state index contributed by atoms with van der Waals surface area (Å²) in [5.41, 5.74) is -0.0819. The van der Waals surface area contributed by atoms with Crippen molar-refractivity contribution in [3.8, 4) is 0 Å². The normalized spacial score (nSPS) is 11.9. The van der Waals surface area contributed by atoms with Gasteiger partial charge < -0.3 is 10.6 Å². The summed E-state index contributed by atoms with van der Waals surface area (Å²) < 4.78 is 0. The van der Waals surface area contributed by atoms with Crippen LogP contribution in [0.4, 0.5) is 17.5 Å². The van der Waals surface area contributed by atoms with E-state index >= 15 is 0 Å². The molecule has 1 heterocycles. The lowest BCUT2D eigenvalue weighted by molar-refractivity contribution is -0.384. The molecule has 0 spiro atoms. The second kappa shape index (κ2) is 8.29. The minimum Gasteiger partial charge on any atom is -0.361 e. The van der Waals surface area contributed by atoms with E-state index in [1.165, 1.54) is 6.20 Å². The van der Waals surface area contributed by atoms with Crippen molar-refractivity contribution in [3.63, 3.8) is 0 Å². The zero-order valence-corrected chi connectivity index (χ0v) is 12.3. The summed E-state index contributed by atoms with van der Waals surface area (Å²) >= 11 is 0. The largest absolute Gasteiger partial charge is 0.361 e. The van der Waals surface area contributed by atoms with Gasteiger partial charge in [0.1, 0.15) is 6.20 Å². The summed E-state index contributed by atoms with van der Waals surface area (Å²) in [5.74, 6) is 0.674. The molecule has 1 aromatic rings. The van der Waals surface area contributed by atoms with Gasteiger partial charge in [-0.3, -0.25) is 10.1 Å². The Balaban J connectivity index is 2.93. The zero-order valence-electron chi connectivity index (χ0n) is 12.3. The van der Waals surface area contributed by atoms with Crippen molar-refractivity contribution in [3.05, 3.63) is 16.3 Å². The quantitative estimate of drug-likeness (QED) is 0.533. The van der Waals surface area contributed by atoms with E-state index in [-0.39, 0.29) is 11.7 Å². The van der Waals surface area contributed by atoms with E-state index in [1.807, 2.05) is 0 Å². The number of rotatable bonds is 9. The molecule has 0 aliphatic rings. The maximum Gasteiger partial charge on any atom is 0.329 e. The van der Waals surface area contributed by atoms with Crippen LogP contribution in [0.15, 0.2) is 6.20 Å². The van der Waals surface area contributed by atoms with Gasteiger partial charge in [-0.1, -0.05) is 33.1 Å². The number of nitro groups is 1. The van der Waals surface area contributed by atoms with Gasteiger partial charge in [-0.15, -0.1) is 0 Å². The predicted molar refractivity (Wildman–Crippen MR) is 80.1 cm³/mol. The zero-order chi connectivity index (χ0) is 15.0. The summed E-state index contributed by atoms with van der Waals surface area (Å²) in [5, 5.41) is 17.0. The fraction of sp³-hybridized carbons (Fsp3) is 0.692. The van der Waals surface area contributed by atoms with E-state index in [2.05, 4.69) is 34.4 Å². The van der Waals surface area contributed by atoms with E-state index in [9.17, 15) is 10.1 Å². The van der Waals surface area contributed by atoms with Crippen LogP contribution in [0.3, 0.4) is 0 Å². The SMILES string of the molecule is CCCCC(CCC)Nc1nc(NC)ncc1[N+](=O)[O-]. The number of anilines is 2. The Hall–Kier alpha value is -1.92. The molecule has 0 saturated heterocycles. The third-order valence-corrected chi connectivity index (χ3v) is 3.07. The number of aromatic nitrogens is 2. The van der Waals surface area contributed by atoms with E-state index in [0.29, 0.717) is 11.8 Å². The lowest BCUT2D eigenvalue weighted by Crippen LogP contribution is -2.21. The smallest absolute Gasteiger partial charge is 0.329 e. The summed E-state index contributed by atoms with van der Waals surface area (Å²) in [7, 11) is 1.69. The first-order chi connectivity index (χ1) is 9.62. The topological polar surface area (TPSA) is 93.0 Å². The highest BCUT2D eigenvalue weighted by Crippen LogP contribution is 2.24. The fourth-order valence-corrected chi connectivity index (χ4v) is 2.02. The third kappa shape index (κ3) is 4.64. The van der Waals surface area contributed by atoms with Crippen molar-refractivity contribution in [1.29, 1.82) is 0 Å². The molecular formula is C13H23N5O2. The first-order valence-electron chi connectivity index (χ1n) is 7.08. The molecule has 112 valence electrons. The minimum absolute atomic E-state index is 0.0819. The van der Waals surface area contributed by atoms with Gasteiger partial charge in [0.25, 0.3) is 0 Å². The molecule has 7 nitrogen and oxygen atoms in total. The maximum absolute atomic E-state index is 11.0. The van der Waals surface area contributed by atoms with Crippen LogP contribution in [0, 0.1) is 10.1 Å². The van der Waals surface area contributed by atoms with E-state index < -0.39 is 4.92 Å². The first kappa shape index (κ1) is 16.1. The standard InChI is InChI=1S/C13H23N5O2/c1-4-6-8-10(7-5-2)16-12-11(18(19)20)9-15-13(14-3)17-12/h9-10H,4-8H2,1-3H3,(H2,14,15,16,17). The van der Waals surface area contributed by atoms with E-state index in [4.69, 9.17) is 0 Å². The molecule has 20 heavy (non-hydrogen) atoms. The highest BCUT2D eigenvalue weighted by Gasteiger charge is 2.19. The average molecular weight is 281 g/mol. The predicted octanol–water partition coefficient (Wildman–Crippen LogP) is 3.20. The fourth-order valence-electron chi connectivity index (χ4n) is 2.02. The van der Waals surface area contributed by atoms with Gasteiger partial charge in [0, 0.05) is 13.1 Å². The number of hydrogen-bond acceptors (Lipinski definition) is 6. The van der Waals surface area contributed by atoms with Gasteiger partial charge in [0.05, 0.1) is 4.92 Å². The van der Waals surface area contributed by atoms with Crippen molar-refractivity contribution in [2.45, 2.75) is 52.0 Å². The third-order valence-electron chi connectivity index (χ3n) is 3.07. The summed E-state index contributed by atoms with van der Waals surface area (Å²) in [6.07, 6.45) is 6.42. The second-order valence-electron chi connectivity index (χ2n) is 4.71. The van der Waals surface area contributed by atoms with Gasteiger partial charge >= 0.3 is 5.69 Å². The van der Waals surface area contributed by atoms with Gasteiger partial charge in [-0.25, -0.2) is 4.98 Å². The van der Waals surface area contributed by atoms with Crippen molar-refractivity contribution in [2.24, 2.45) is 0 Å². The van der Waals surface area contributed by atoms with Crippen LogP contribution in [0.25, 0.3) is 0 Å². The van der Waals surface area contributed by atoms with Crippen molar-refractivity contribution in [1.82, 2.24) is 9.97 Å². The van der Waals surface area contributed by atoms with Crippen molar-refractivity contribution >= 4 is 17.5 Å². The van der Waals surface area contributed by atoms with Gasteiger partial charge in [0.2, 0.25) is 11.8 Å². The minimum atomic E-state index is -0.454. The molecule has 0 bridgehead atoms.